The van der Waals surface area contributed by atoms with Crippen LogP contribution in [0.3, 0.4) is 0 Å². The van der Waals surface area contributed by atoms with Gasteiger partial charge < -0.3 is 19.7 Å². The molecule has 1 unspecified atom stereocenters. The lowest BCUT2D eigenvalue weighted by Gasteiger charge is -2.39. The minimum absolute atomic E-state index is 0.216. The molecule has 22 heavy (non-hydrogen) atoms. The standard InChI is InChI=1S/C18H30N2O2/c1-20(2)12-6-10-18(9-5-11-19-14-18)15-7-8-16(21-3)17(13-15)22-4/h7-8,13,19H,5-6,9-12,14H2,1-4H3. The summed E-state index contributed by atoms with van der Waals surface area (Å²) in [5.41, 5.74) is 1.59. The van der Waals surface area contributed by atoms with E-state index in [0.717, 1.165) is 31.1 Å². The third-order valence-electron chi connectivity index (χ3n) is 4.73. The summed E-state index contributed by atoms with van der Waals surface area (Å²) in [5.74, 6) is 1.64. The molecule has 1 atom stereocenters. The van der Waals surface area contributed by atoms with Crippen LogP contribution in [-0.4, -0.2) is 52.8 Å². The number of hydrogen-bond acceptors (Lipinski definition) is 4. The zero-order valence-electron chi connectivity index (χ0n) is 14.4. The summed E-state index contributed by atoms with van der Waals surface area (Å²) >= 11 is 0. The van der Waals surface area contributed by atoms with E-state index in [0.29, 0.717) is 0 Å². The number of nitrogens with one attached hydrogen (secondary N) is 1. The topological polar surface area (TPSA) is 33.7 Å². The summed E-state index contributed by atoms with van der Waals surface area (Å²) in [6.45, 7) is 3.31. The maximum Gasteiger partial charge on any atom is 0.161 e. The number of methoxy groups -OCH3 is 2. The van der Waals surface area contributed by atoms with Crippen LogP contribution in [-0.2, 0) is 5.41 Å². The zero-order valence-corrected chi connectivity index (χ0v) is 14.4. The monoisotopic (exact) mass is 306 g/mol. The fourth-order valence-electron chi connectivity index (χ4n) is 3.47. The van der Waals surface area contributed by atoms with Gasteiger partial charge in [0.25, 0.3) is 0 Å². The molecule has 1 aliphatic rings. The van der Waals surface area contributed by atoms with Crippen molar-refractivity contribution in [3.63, 3.8) is 0 Å². The van der Waals surface area contributed by atoms with Crippen molar-refractivity contribution < 1.29 is 9.47 Å². The molecule has 1 saturated heterocycles. The molecule has 1 fully saturated rings. The summed E-state index contributed by atoms with van der Waals surface area (Å²) in [6, 6.07) is 6.42. The molecule has 1 aromatic carbocycles. The summed E-state index contributed by atoms with van der Waals surface area (Å²) in [4.78, 5) is 2.26. The van der Waals surface area contributed by atoms with E-state index in [-0.39, 0.29) is 5.41 Å². The fraction of sp³-hybridized carbons (Fsp3) is 0.667. The highest BCUT2D eigenvalue weighted by Crippen LogP contribution is 2.39. The first kappa shape index (κ1) is 17.1. The maximum absolute atomic E-state index is 5.50. The van der Waals surface area contributed by atoms with E-state index in [2.05, 4.69) is 36.4 Å². The molecule has 0 bridgehead atoms. The van der Waals surface area contributed by atoms with Crippen LogP contribution in [0.2, 0.25) is 0 Å². The normalized spacial score (nSPS) is 21.9. The first-order chi connectivity index (χ1) is 10.6. The van der Waals surface area contributed by atoms with Gasteiger partial charge in [-0.25, -0.2) is 0 Å². The Bertz CT molecular complexity index is 468. The van der Waals surface area contributed by atoms with Crippen molar-refractivity contribution in [2.45, 2.75) is 31.1 Å². The number of ether oxygens (including phenoxy) is 2. The van der Waals surface area contributed by atoms with Crippen LogP contribution >= 0.6 is 0 Å². The van der Waals surface area contributed by atoms with Crippen LogP contribution in [0, 0.1) is 0 Å². The van der Waals surface area contributed by atoms with E-state index >= 15 is 0 Å². The Kier molecular flexibility index (Phi) is 6.09. The summed E-state index contributed by atoms with van der Waals surface area (Å²) < 4.78 is 10.9. The van der Waals surface area contributed by atoms with Crippen molar-refractivity contribution in [1.82, 2.24) is 10.2 Å². The molecule has 0 radical (unpaired) electrons. The molecule has 0 spiro atoms. The van der Waals surface area contributed by atoms with Gasteiger partial charge in [-0.1, -0.05) is 6.07 Å². The Balaban J connectivity index is 2.24. The largest absolute Gasteiger partial charge is 0.493 e. The Morgan fingerprint density at radius 3 is 2.55 bits per heavy atom. The molecule has 0 saturated carbocycles. The lowest BCUT2D eigenvalue weighted by atomic mass is 9.71. The second kappa shape index (κ2) is 7.84. The quantitative estimate of drug-likeness (QED) is 0.840. The Morgan fingerprint density at radius 2 is 1.95 bits per heavy atom. The smallest absolute Gasteiger partial charge is 0.161 e. The van der Waals surface area contributed by atoms with Crippen LogP contribution in [0.4, 0.5) is 0 Å². The highest BCUT2D eigenvalue weighted by atomic mass is 16.5. The van der Waals surface area contributed by atoms with E-state index in [1.54, 1.807) is 14.2 Å². The van der Waals surface area contributed by atoms with E-state index in [1.165, 1.54) is 31.2 Å². The minimum atomic E-state index is 0.216. The van der Waals surface area contributed by atoms with Crippen LogP contribution in [0.15, 0.2) is 18.2 Å². The third kappa shape index (κ3) is 3.93. The Labute approximate surface area is 134 Å². The highest BCUT2D eigenvalue weighted by Gasteiger charge is 2.34. The molecule has 1 heterocycles. The van der Waals surface area contributed by atoms with E-state index in [4.69, 9.17) is 9.47 Å². The van der Waals surface area contributed by atoms with Gasteiger partial charge in [0.1, 0.15) is 0 Å². The van der Waals surface area contributed by atoms with Gasteiger partial charge in [0, 0.05) is 12.0 Å². The summed E-state index contributed by atoms with van der Waals surface area (Å²) in [6.07, 6.45) is 4.88. The average molecular weight is 306 g/mol. The number of benzene rings is 1. The molecule has 1 N–H and O–H groups in total. The first-order valence-electron chi connectivity index (χ1n) is 8.19. The predicted octanol–water partition coefficient (Wildman–Crippen LogP) is 2.67. The first-order valence-corrected chi connectivity index (χ1v) is 8.19. The number of piperidine rings is 1. The predicted molar refractivity (Wildman–Crippen MR) is 91.1 cm³/mol. The van der Waals surface area contributed by atoms with Crippen molar-refractivity contribution in [1.29, 1.82) is 0 Å². The van der Waals surface area contributed by atoms with Gasteiger partial charge in [-0.15, -0.1) is 0 Å². The number of rotatable bonds is 7. The van der Waals surface area contributed by atoms with Crippen LogP contribution < -0.4 is 14.8 Å². The number of nitrogens with zero attached hydrogens (tertiary/aromatic N) is 1. The molecule has 0 aromatic heterocycles. The lowest BCUT2D eigenvalue weighted by Crippen LogP contribution is -2.43. The zero-order chi connectivity index (χ0) is 16.0. The SMILES string of the molecule is COc1ccc(C2(CCCN(C)C)CCCNC2)cc1OC. The highest BCUT2D eigenvalue weighted by molar-refractivity contribution is 5.45. The van der Waals surface area contributed by atoms with Gasteiger partial charge in [-0.05, 0) is 70.6 Å². The number of hydrogen-bond donors (Lipinski definition) is 1. The second-order valence-electron chi connectivity index (χ2n) is 6.54. The van der Waals surface area contributed by atoms with Crippen LogP contribution in [0.5, 0.6) is 11.5 Å². The molecule has 0 amide bonds. The molecule has 0 aliphatic carbocycles. The van der Waals surface area contributed by atoms with E-state index in [1.807, 2.05) is 6.07 Å². The maximum atomic E-state index is 5.50. The second-order valence-corrected chi connectivity index (χ2v) is 6.54. The Hall–Kier alpha value is -1.26. The van der Waals surface area contributed by atoms with Gasteiger partial charge >= 0.3 is 0 Å². The summed E-state index contributed by atoms with van der Waals surface area (Å²) in [5, 5.41) is 3.59. The van der Waals surface area contributed by atoms with Crippen molar-refractivity contribution in [2.75, 3.05) is 47.9 Å². The third-order valence-corrected chi connectivity index (χ3v) is 4.73. The Morgan fingerprint density at radius 1 is 1.18 bits per heavy atom. The van der Waals surface area contributed by atoms with Gasteiger partial charge in [0.05, 0.1) is 14.2 Å². The fourth-order valence-corrected chi connectivity index (χ4v) is 3.47. The molecule has 4 heteroatoms. The van der Waals surface area contributed by atoms with E-state index in [9.17, 15) is 0 Å². The van der Waals surface area contributed by atoms with Crippen molar-refractivity contribution in [3.05, 3.63) is 23.8 Å². The molecule has 1 aliphatic heterocycles. The molecular weight excluding hydrogens is 276 g/mol. The molecule has 4 nitrogen and oxygen atoms in total. The van der Waals surface area contributed by atoms with Gasteiger partial charge in [-0.2, -0.15) is 0 Å². The molecule has 1 aromatic rings. The minimum Gasteiger partial charge on any atom is -0.493 e. The lowest BCUT2D eigenvalue weighted by molar-refractivity contribution is 0.269. The molecular formula is C18H30N2O2. The van der Waals surface area contributed by atoms with Gasteiger partial charge in [0.15, 0.2) is 11.5 Å². The van der Waals surface area contributed by atoms with Crippen LogP contribution in [0.25, 0.3) is 0 Å². The van der Waals surface area contributed by atoms with Crippen molar-refractivity contribution in [2.24, 2.45) is 0 Å². The average Bonchev–Trinajstić information content (AvgIpc) is 2.54. The van der Waals surface area contributed by atoms with Gasteiger partial charge in [0.2, 0.25) is 0 Å². The van der Waals surface area contributed by atoms with Gasteiger partial charge in [-0.3, -0.25) is 0 Å². The van der Waals surface area contributed by atoms with Crippen LogP contribution in [0.1, 0.15) is 31.2 Å². The summed E-state index contributed by atoms with van der Waals surface area (Å²) in [7, 11) is 7.68. The molecule has 124 valence electrons. The van der Waals surface area contributed by atoms with Crippen molar-refractivity contribution in [3.8, 4) is 11.5 Å². The van der Waals surface area contributed by atoms with Crippen molar-refractivity contribution >= 4 is 0 Å². The van der Waals surface area contributed by atoms with E-state index < -0.39 is 0 Å². The molecule has 2 rings (SSSR count).